The van der Waals surface area contributed by atoms with Crippen LogP contribution in [0.5, 0.6) is 0 Å². The minimum atomic E-state index is -0.995. The maximum atomic E-state index is 13.9. The first-order chi connectivity index (χ1) is 9.08. The van der Waals surface area contributed by atoms with Crippen LogP contribution in [0.15, 0.2) is 36.4 Å². The van der Waals surface area contributed by atoms with Crippen molar-refractivity contribution in [2.24, 2.45) is 0 Å². The summed E-state index contributed by atoms with van der Waals surface area (Å²) in [4.78, 5) is 0. The fourth-order valence-corrected chi connectivity index (χ4v) is 2.68. The summed E-state index contributed by atoms with van der Waals surface area (Å²) in [5.41, 5.74) is 2.49. The van der Waals surface area contributed by atoms with Gasteiger partial charge in [-0.2, -0.15) is 0 Å². The molecule has 1 aliphatic carbocycles. The zero-order chi connectivity index (χ0) is 13.6. The van der Waals surface area contributed by atoms with Crippen LogP contribution < -0.4 is 0 Å². The van der Waals surface area contributed by atoms with Gasteiger partial charge in [0.1, 0.15) is 11.6 Å². The smallest absolute Gasteiger partial charge is 0.129 e. The summed E-state index contributed by atoms with van der Waals surface area (Å²) in [5.74, 6) is -1.17. The van der Waals surface area contributed by atoms with E-state index in [-0.39, 0.29) is 17.0 Å². The number of hydrogen-bond acceptors (Lipinski definition) is 1. The highest BCUT2D eigenvalue weighted by Gasteiger charge is 2.34. The summed E-state index contributed by atoms with van der Waals surface area (Å²) >= 11 is 0. The molecule has 19 heavy (non-hydrogen) atoms. The van der Waals surface area contributed by atoms with E-state index in [2.05, 4.69) is 0 Å². The molecule has 1 nitrogen and oxygen atoms in total. The summed E-state index contributed by atoms with van der Waals surface area (Å²) in [7, 11) is 0. The molecule has 0 saturated carbocycles. The Kier molecular flexibility index (Phi) is 2.86. The standard InChI is InChI=1S/C16H14F2O/c1-9-6-15(18)13(8-14(9)17)16(19)12-7-10-4-2-3-5-11(10)12/h2-6,8,12,16,19H,7H2,1H3. The Balaban J connectivity index is 1.94. The molecule has 2 atom stereocenters. The predicted octanol–water partition coefficient (Wildman–Crippen LogP) is 3.65. The highest BCUT2D eigenvalue weighted by Crippen LogP contribution is 2.44. The van der Waals surface area contributed by atoms with Gasteiger partial charge in [0.2, 0.25) is 0 Å². The molecular formula is C16H14F2O. The molecule has 0 fully saturated rings. The molecule has 0 amide bonds. The largest absolute Gasteiger partial charge is 0.388 e. The van der Waals surface area contributed by atoms with E-state index >= 15 is 0 Å². The van der Waals surface area contributed by atoms with Gasteiger partial charge in [-0.15, -0.1) is 0 Å². The molecule has 3 heteroatoms. The van der Waals surface area contributed by atoms with Gasteiger partial charge in [0.15, 0.2) is 0 Å². The summed E-state index contributed by atoms with van der Waals surface area (Å²) in [6.07, 6.45) is -0.295. The SMILES string of the molecule is Cc1cc(F)c(C(O)C2Cc3ccccc32)cc1F. The summed E-state index contributed by atoms with van der Waals surface area (Å²) in [5, 5.41) is 10.3. The van der Waals surface area contributed by atoms with Crippen LogP contribution in [0.2, 0.25) is 0 Å². The molecule has 3 rings (SSSR count). The van der Waals surface area contributed by atoms with Gasteiger partial charge in [-0.3, -0.25) is 0 Å². The van der Waals surface area contributed by atoms with Gasteiger partial charge in [-0.25, -0.2) is 8.78 Å². The monoisotopic (exact) mass is 260 g/mol. The molecule has 2 unspecified atom stereocenters. The van der Waals surface area contributed by atoms with Crippen LogP contribution in [-0.4, -0.2) is 5.11 Å². The maximum Gasteiger partial charge on any atom is 0.129 e. The average molecular weight is 260 g/mol. The van der Waals surface area contributed by atoms with E-state index in [1.165, 1.54) is 12.5 Å². The lowest BCUT2D eigenvalue weighted by Crippen LogP contribution is -2.24. The average Bonchev–Trinajstić information content (AvgIpc) is 2.35. The highest BCUT2D eigenvalue weighted by atomic mass is 19.1. The molecule has 2 aromatic carbocycles. The Morgan fingerprint density at radius 3 is 2.63 bits per heavy atom. The normalized spacial score (nSPS) is 18.6. The van der Waals surface area contributed by atoms with E-state index in [9.17, 15) is 13.9 Å². The third-order valence-electron chi connectivity index (χ3n) is 3.87. The minimum Gasteiger partial charge on any atom is -0.388 e. The Morgan fingerprint density at radius 2 is 1.89 bits per heavy atom. The van der Waals surface area contributed by atoms with E-state index in [0.717, 1.165) is 17.7 Å². The van der Waals surface area contributed by atoms with Crippen molar-refractivity contribution in [3.8, 4) is 0 Å². The molecule has 0 radical (unpaired) electrons. The van der Waals surface area contributed by atoms with Crippen molar-refractivity contribution >= 4 is 0 Å². The molecule has 98 valence electrons. The molecular weight excluding hydrogens is 246 g/mol. The quantitative estimate of drug-likeness (QED) is 0.874. The van der Waals surface area contributed by atoms with Crippen molar-refractivity contribution in [3.05, 3.63) is 70.3 Å². The summed E-state index contributed by atoms with van der Waals surface area (Å²) in [6.45, 7) is 1.51. The molecule has 0 heterocycles. The molecule has 1 aliphatic rings. The molecule has 0 aliphatic heterocycles. The van der Waals surface area contributed by atoms with Crippen LogP contribution in [0.1, 0.15) is 34.3 Å². The van der Waals surface area contributed by atoms with Crippen molar-refractivity contribution in [2.45, 2.75) is 25.4 Å². The Hall–Kier alpha value is -1.74. The number of hydrogen-bond donors (Lipinski definition) is 1. The third-order valence-corrected chi connectivity index (χ3v) is 3.87. The lowest BCUT2D eigenvalue weighted by molar-refractivity contribution is 0.130. The van der Waals surface area contributed by atoms with Crippen molar-refractivity contribution in [2.75, 3.05) is 0 Å². The predicted molar refractivity (Wildman–Crippen MR) is 68.9 cm³/mol. The first-order valence-electron chi connectivity index (χ1n) is 6.29. The second-order valence-electron chi connectivity index (χ2n) is 5.08. The number of benzene rings is 2. The number of aliphatic hydroxyl groups excluding tert-OH is 1. The molecule has 0 saturated heterocycles. The molecule has 0 spiro atoms. The van der Waals surface area contributed by atoms with E-state index in [0.29, 0.717) is 6.42 Å². The number of fused-ring (bicyclic) bond motifs is 1. The lowest BCUT2D eigenvalue weighted by Gasteiger charge is -2.34. The number of rotatable bonds is 2. The highest BCUT2D eigenvalue weighted by molar-refractivity contribution is 5.43. The third kappa shape index (κ3) is 1.94. The van der Waals surface area contributed by atoms with Crippen molar-refractivity contribution in [1.29, 1.82) is 0 Å². The van der Waals surface area contributed by atoms with Gasteiger partial charge in [0.05, 0.1) is 6.10 Å². The molecule has 1 N–H and O–H groups in total. The Morgan fingerprint density at radius 1 is 1.16 bits per heavy atom. The first-order valence-corrected chi connectivity index (χ1v) is 6.29. The lowest BCUT2D eigenvalue weighted by atomic mass is 9.73. The van der Waals surface area contributed by atoms with Crippen LogP contribution >= 0.6 is 0 Å². The van der Waals surface area contributed by atoms with Crippen LogP contribution in [0, 0.1) is 18.6 Å². The maximum absolute atomic E-state index is 13.9. The van der Waals surface area contributed by atoms with Gasteiger partial charge < -0.3 is 5.11 Å². The zero-order valence-electron chi connectivity index (χ0n) is 10.5. The number of halogens is 2. The second-order valence-corrected chi connectivity index (χ2v) is 5.08. The van der Waals surface area contributed by atoms with Gasteiger partial charge >= 0.3 is 0 Å². The van der Waals surface area contributed by atoms with E-state index < -0.39 is 17.7 Å². The summed E-state index contributed by atoms with van der Waals surface area (Å²) in [6, 6.07) is 9.99. The number of aryl methyl sites for hydroxylation is 1. The fraction of sp³-hybridized carbons (Fsp3) is 0.250. The van der Waals surface area contributed by atoms with Crippen LogP contribution in [0.25, 0.3) is 0 Å². The van der Waals surface area contributed by atoms with Crippen molar-refractivity contribution in [1.82, 2.24) is 0 Å². The fourth-order valence-electron chi connectivity index (χ4n) is 2.68. The first kappa shape index (κ1) is 12.3. The van der Waals surface area contributed by atoms with Crippen LogP contribution in [-0.2, 0) is 6.42 Å². The van der Waals surface area contributed by atoms with Crippen molar-refractivity contribution in [3.63, 3.8) is 0 Å². The zero-order valence-corrected chi connectivity index (χ0v) is 10.5. The molecule has 2 aromatic rings. The number of aliphatic hydroxyl groups is 1. The minimum absolute atomic E-state index is 0.0441. The van der Waals surface area contributed by atoms with Crippen molar-refractivity contribution < 1.29 is 13.9 Å². The van der Waals surface area contributed by atoms with Gasteiger partial charge in [0, 0.05) is 11.5 Å². The Labute approximate surface area is 110 Å². The molecule has 0 aromatic heterocycles. The topological polar surface area (TPSA) is 20.2 Å². The molecule has 0 bridgehead atoms. The van der Waals surface area contributed by atoms with Gasteiger partial charge in [-0.05, 0) is 42.2 Å². The van der Waals surface area contributed by atoms with Crippen LogP contribution in [0.4, 0.5) is 8.78 Å². The van der Waals surface area contributed by atoms with Gasteiger partial charge in [-0.1, -0.05) is 24.3 Å². The Bertz CT molecular complexity index is 637. The van der Waals surface area contributed by atoms with E-state index in [4.69, 9.17) is 0 Å². The van der Waals surface area contributed by atoms with Crippen LogP contribution in [0.3, 0.4) is 0 Å². The van der Waals surface area contributed by atoms with E-state index in [1.807, 2.05) is 24.3 Å². The van der Waals surface area contributed by atoms with Gasteiger partial charge in [0.25, 0.3) is 0 Å². The summed E-state index contributed by atoms with van der Waals surface area (Å²) < 4.78 is 27.4. The second kappa shape index (κ2) is 4.42. The van der Waals surface area contributed by atoms with E-state index in [1.54, 1.807) is 0 Å².